The van der Waals surface area contributed by atoms with E-state index in [0.717, 1.165) is 77.0 Å². The molecule has 0 saturated heterocycles. The molecule has 0 saturated carbocycles. The lowest BCUT2D eigenvalue weighted by atomic mass is 10.1. The van der Waals surface area contributed by atoms with Gasteiger partial charge in [0.25, 0.3) is 0 Å². The molecule has 0 heterocycles. The Morgan fingerprint density at radius 3 is 1.21 bits per heavy atom. The number of aliphatic hydroxyl groups excluding tert-OH is 1. The molecule has 0 aromatic rings. The Balaban J connectivity index is 4.70. The van der Waals surface area contributed by atoms with Crippen LogP contribution in [0.15, 0.2) is 48.6 Å². The first-order chi connectivity index (χ1) is 33.2. The van der Waals surface area contributed by atoms with Gasteiger partial charge in [0.2, 0.25) is 0 Å². The van der Waals surface area contributed by atoms with Gasteiger partial charge in [0.15, 0.2) is 6.10 Å². The van der Waals surface area contributed by atoms with Crippen molar-refractivity contribution in [2.24, 2.45) is 0 Å². The number of allylic oxidation sites excluding steroid dienone is 8. The van der Waals surface area contributed by atoms with E-state index >= 15 is 0 Å². The molecule has 12 heteroatoms. The zero-order valence-corrected chi connectivity index (χ0v) is 44.5. The summed E-state index contributed by atoms with van der Waals surface area (Å²) < 4.78 is 39.3. The van der Waals surface area contributed by atoms with Crippen LogP contribution in [0.3, 0.4) is 0 Å². The second kappa shape index (κ2) is 50.8. The third-order valence-corrected chi connectivity index (χ3v) is 12.7. The fraction of sp³-hybridized carbons (Fsp3) is 0.804. The van der Waals surface area contributed by atoms with Gasteiger partial charge >= 0.3 is 25.7 Å². The summed E-state index contributed by atoms with van der Waals surface area (Å²) in [5.74, 6) is -1.50. The van der Waals surface area contributed by atoms with Crippen LogP contribution < -0.4 is 0 Å². The number of carbonyl (C=O) groups excluding carboxylic acids is 3. The summed E-state index contributed by atoms with van der Waals surface area (Å²) in [5.41, 5.74) is 0. The van der Waals surface area contributed by atoms with Crippen molar-refractivity contribution in [2.75, 3.05) is 26.4 Å². The van der Waals surface area contributed by atoms with Crippen molar-refractivity contribution in [1.29, 1.82) is 0 Å². The lowest BCUT2D eigenvalue weighted by molar-refractivity contribution is -0.161. The molecule has 0 amide bonds. The molecule has 68 heavy (non-hydrogen) atoms. The standard InChI is InChI=1S/C56H101O11P/c1-4-7-10-13-16-19-21-23-24-25-26-27-28-30-31-34-36-39-42-45-54(58)63-49-53(67-56(60)47-44-41-38-35-32-29-22-20-17-14-11-8-5-2)51-65-68(61,62)64-50-52(48-57)66-55(59)46-43-40-37-33-18-15-12-9-6-3/h8,11,17,20,23-24,29,32,52-53,57H,4-7,9-10,12-16,18-19,21-22,25-28,30-31,33-51H2,1-3H3,(H,61,62)/b11-8-,20-17-,24-23-,32-29-. The summed E-state index contributed by atoms with van der Waals surface area (Å²) in [4.78, 5) is 48.3. The number of hydrogen-bond acceptors (Lipinski definition) is 10. The maximum absolute atomic E-state index is 12.8. The maximum atomic E-state index is 12.8. The molecule has 0 fully saturated rings. The van der Waals surface area contributed by atoms with Crippen LogP contribution >= 0.6 is 7.82 Å². The van der Waals surface area contributed by atoms with Crippen LogP contribution in [-0.4, -0.2) is 66.5 Å². The number of esters is 3. The Morgan fingerprint density at radius 1 is 0.426 bits per heavy atom. The highest BCUT2D eigenvalue weighted by molar-refractivity contribution is 7.47. The first kappa shape index (κ1) is 65.4. The molecule has 3 atom stereocenters. The average molecular weight is 981 g/mol. The zero-order valence-electron chi connectivity index (χ0n) is 43.6. The van der Waals surface area contributed by atoms with E-state index in [1.807, 2.05) is 0 Å². The van der Waals surface area contributed by atoms with Gasteiger partial charge in [-0.25, -0.2) is 4.57 Å². The van der Waals surface area contributed by atoms with Crippen LogP contribution in [0.5, 0.6) is 0 Å². The highest BCUT2D eigenvalue weighted by atomic mass is 31.2. The zero-order chi connectivity index (χ0) is 49.9. The van der Waals surface area contributed by atoms with Crippen molar-refractivity contribution < 1.29 is 52.2 Å². The average Bonchev–Trinajstić information content (AvgIpc) is 3.32. The summed E-state index contributed by atoms with van der Waals surface area (Å²) in [6, 6.07) is 0. The third-order valence-electron chi connectivity index (χ3n) is 11.7. The first-order valence-electron chi connectivity index (χ1n) is 27.5. The third kappa shape index (κ3) is 48.5. The Kier molecular flexibility index (Phi) is 48.9. The second-order valence-corrected chi connectivity index (χ2v) is 19.8. The van der Waals surface area contributed by atoms with E-state index < -0.39 is 57.8 Å². The van der Waals surface area contributed by atoms with Crippen molar-refractivity contribution in [3.8, 4) is 0 Å². The van der Waals surface area contributed by atoms with Crippen LogP contribution in [-0.2, 0) is 42.2 Å². The Morgan fingerprint density at radius 2 is 0.765 bits per heavy atom. The fourth-order valence-corrected chi connectivity index (χ4v) is 8.33. The number of hydrogen-bond donors (Lipinski definition) is 2. The van der Waals surface area contributed by atoms with Gasteiger partial charge in [-0.2, -0.15) is 0 Å². The van der Waals surface area contributed by atoms with Crippen LogP contribution in [0.25, 0.3) is 0 Å². The highest BCUT2D eigenvalue weighted by Crippen LogP contribution is 2.43. The Hall–Kier alpha value is -2.56. The van der Waals surface area contributed by atoms with E-state index in [1.54, 1.807) is 0 Å². The van der Waals surface area contributed by atoms with Gasteiger partial charge in [-0.1, -0.05) is 204 Å². The first-order valence-corrected chi connectivity index (χ1v) is 29.0. The number of rotatable bonds is 51. The minimum atomic E-state index is -4.74. The molecule has 0 rings (SSSR count). The Labute approximate surface area is 415 Å². The van der Waals surface area contributed by atoms with Crippen molar-refractivity contribution in [3.05, 3.63) is 48.6 Å². The summed E-state index contributed by atoms with van der Waals surface area (Å²) >= 11 is 0. The Bertz CT molecular complexity index is 1330. The number of unbranched alkanes of at least 4 members (excludes halogenated alkanes) is 26. The topological polar surface area (TPSA) is 155 Å². The van der Waals surface area contributed by atoms with Gasteiger partial charge in [-0.3, -0.25) is 23.4 Å². The molecular weight excluding hydrogens is 880 g/mol. The summed E-state index contributed by atoms with van der Waals surface area (Å²) in [6.45, 7) is 4.47. The quantitative estimate of drug-likeness (QED) is 0.0197. The number of phosphoric acid groups is 1. The predicted octanol–water partition coefficient (Wildman–Crippen LogP) is 15.8. The van der Waals surface area contributed by atoms with Gasteiger partial charge in [0, 0.05) is 19.3 Å². The molecule has 0 aliphatic carbocycles. The number of carbonyl (C=O) groups is 3. The molecule has 0 aliphatic heterocycles. The molecule has 0 aromatic carbocycles. The van der Waals surface area contributed by atoms with Crippen LogP contribution in [0.2, 0.25) is 0 Å². The SMILES string of the molecule is CC/C=C\C/C=C\C/C=C\CCCCCC(=O)OC(COC(=O)CCCCCCCCCCC/C=C\CCCCCCCC)COP(=O)(O)OCC(CO)OC(=O)CCCCCCCCCCC. The summed E-state index contributed by atoms with van der Waals surface area (Å²) in [7, 11) is -4.74. The van der Waals surface area contributed by atoms with Gasteiger partial charge in [0.1, 0.15) is 12.7 Å². The smallest absolute Gasteiger partial charge is 0.462 e. The van der Waals surface area contributed by atoms with Gasteiger partial charge in [-0.15, -0.1) is 0 Å². The number of phosphoric ester groups is 1. The molecule has 0 radical (unpaired) electrons. The van der Waals surface area contributed by atoms with Gasteiger partial charge in [0.05, 0.1) is 19.8 Å². The van der Waals surface area contributed by atoms with E-state index in [9.17, 15) is 28.9 Å². The van der Waals surface area contributed by atoms with E-state index in [2.05, 4.69) is 69.4 Å². The van der Waals surface area contributed by atoms with Crippen molar-refractivity contribution in [3.63, 3.8) is 0 Å². The van der Waals surface area contributed by atoms with E-state index in [1.165, 1.54) is 116 Å². The summed E-state index contributed by atoms with van der Waals surface area (Å²) in [6.07, 6.45) is 52.4. The van der Waals surface area contributed by atoms with Gasteiger partial charge in [-0.05, 0) is 77.0 Å². The molecular formula is C56H101O11P. The van der Waals surface area contributed by atoms with Crippen molar-refractivity contribution >= 4 is 25.7 Å². The van der Waals surface area contributed by atoms with Crippen LogP contribution in [0, 0.1) is 0 Å². The van der Waals surface area contributed by atoms with Crippen molar-refractivity contribution in [2.45, 2.75) is 264 Å². The molecule has 2 N–H and O–H groups in total. The second-order valence-electron chi connectivity index (χ2n) is 18.4. The number of ether oxygens (including phenoxy) is 3. The van der Waals surface area contributed by atoms with E-state index in [-0.39, 0.29) is 25.9 Å². The molecule has 0 aromatic heterocycles. The van der Waals surface area contributed by atoms with Crippen LogP contribution in [0.1, 0.15) is 252 Å². The lowest BCUT2D eigenvalue weighted by Gasteiger charge is -2.21. The fourth-order valence-electron chi connectivity index (χ4n) is 7.54. The lowest BCUT2D eigenvalue weighted by Crippen LogP contribution is -2.30. The normalized spacial score (nSPS) is 13.8. The number of aliphatic hydroxyl groups is 1. The molecule has 396 valence electrons. The molecule has 0 aliphatic rings. The maximum Gasteiger partial charge on any atom is 0.472 e. The van der Waals surface area contributed by atoms with Crippen molar-refractivity contribution in [1.82, 2.24) is 0 Å². The minimum absolute atomic E-state index is 0.134. The van der Waals surface area contributed by atoms with Crippen LogP contribution in [0.4, 0.5) is 0 Å². The molecule has 0 bridgehead atoms. The molecule has 3 unspecified atom stereocenters. The van der Waals surface area contributed by atoms with Gasteiger partial charge < -0.3 is 24.2 Å². The molecule has 11 nitrogen and oxygen atoms in total. The van der Waals surface area contributed by atoms with E-state index in [0.29, 0.717) is 19.3 Å². The monoisotopic (exact) mass is 981 g/mol. The predicted molar refractivity (Wildman–Crippen MR) is 279 cm³/mol. The molecule has 0 spiro atoms. The van der Waals surface area contributed by atoms with E-state index in [4.69, 9.17) is 23.3 Å². The highest BCUT2D eigenvalue weighted by Gasteiger charge is 2.28. The summed E-state index contributed by atoms with van der Waals surface area (Å²) in [5, 5.41) is 9.75. The largest absolute Gasteiger partial charge is 0.472 e. The minimum Gasteiger partial charge on any atom is -0.462 e.